The van der Waals surface area contributed by atoms with E-state index in [0.29, 0.717) is 17.8 Å². The molecule has 2 aromatic carbocycles. The van der Waals surface area contributed by atoms with Crippen molar-refractivity contribution in [2.75, 3.05) is 49.5 Å². The molecule has 1 saturated heterocycles. The molecule has 1 aliphatic heterocycles. The number of nitrogens with zero attached hydrogens (tertiary/aromatic N) is 3. The molecule has 1 aliphatic rings. The lowest BCUT2D eigenvalue weighted by atomic mass is 10.0. The van der Waals surface area contributed by atoms with E-state index in [9.17, 15) is 22.8 Å². The van der Waals surface area contributed by atoms with Crippen LogP contribution < -0.4 is 21.3 Å². The van der Waals surface area contributed by atoms with Gasteiger partial charge in [-0.2, -0.15) is 17.5 Å². The van der Waals surface area contributed by atoms with Gasteiger partial charge < -0.3 is 31.8 Å². The molecule has 2 heterocycles. The number of nitrogens with one attached hydrogen (secondary N) is 2. The number of carboxylic acids is 1. The number of para-hydroxylation sites is 1. The number of amides is 2. The Morgan fingerprint density at radius 2 is 1.64 bits per heavy atom. The van der Waals surface area contributed by atoms with E-state index in [-0.39, 0.29) is 17.3 Å². The molecule has 4 rings (SSSR count). The lowest BCUT2D eigenvalue weighted by Gasteiger charge is -2.35. The molecule has 11 nitrogen and oxygen atoms in total. The third-order valence-electron chi connectivity index (χ3n) is 6.92. The smallest absolute Gasteiger partial charge is 0.475 e. The third-order valence-corrected chi connectivity index (χ3v) is 7.73. The Kier molecular flexibility index (Phi) is 13.8. The Morgan fingerprint density at radius 1 is 1.02 bits per heavy atom. The number of alkyl halides is 3. The number of halogens is 3. The van der Waals surface area contributed by atoms with Crippen LogP contribution in [0.5, 0.6) is 0 Å². The lowest BCUT2D eigenvalue weighted by molar-refractivity contribution is -0.192. The molecular formula is C29H39F3N6O5S. The number of hydrogen-bond donors (Lipinski definition) is 4. The summed E-state index contributed by atoms with van der Waals surface area (Å²) in [6.07, 6.45) is -3.15. The van der Waals surface area contributed by atoms with Crippen molar-refractivity contribution in [2.24, 2.45) is 11.7 Å². The summed E-state index contributed by atoms with van der Waals surface area (Å²) >= 11 is 1.57. The fourth-order valence-electron chi connectivity index (χ4n) is 4.58. The van der Waals surface area contributed by atoms with Crippen molar-refractivity contribution in [1.82, 2.24) is 14.6 Å². The number of primary amides is 1. The summed E-state index contributed by atoms with van der Waals surface area (Å²) in [6, 6.07) is 15.1. The van der Waals surface area contributed by atoms with Gasteiger partial charge in [0.15, 0.2) is 0 Å². The minimum Gasteiger partial charge on any atom is -0.475 e. The number of hydrogen-bond acceptors (Lipinski definition) is 8. The van der Waals surface area contributed by atoms with Crippen LogP contribution in [0.15, 0.2) is 48.5 Å². The highest BCUT2D eigenvalue weighted by Gasteiger charge is 2.38. The molecule has 0 aliphatic carbocycles. The molecule has 7 N–H and O–H groups in total. The maximum absolute atomic E-state index is 12.8. The van der Waals surface area contributed by atoms with Crippen LogP contribution in [0.25, 0.3) is 10.1 Å². The van der Waals surface area contributed by atoms with Crippen LogP contribution in [-0.4, -0.2) is 89.1 Å². The molecule has 15 heteroatoms. The largest absolute Gasteiger partial charge is 0.490 e. The second kappa shape index (κ2) is 16.8. The predicted molar refractivity (Wildman–Crippen MR) is 165 cm³/mol. The minimum absolute atomic E-state index is 0. The van der Waals surface area contributed by atoms with Crippen molar-refractivity contribution < 1.29 is 38.1 Å². The van der Waals surface area contributed by atoms with Crippen LogP contribution in [-0.2, 0) is 9.59 Å². The van der Waals surface area contributed by atoms with Crippen LogP contribution >= 0.6 is 11.5 Å². The number of unbranched alkanes of at least 4 members (excludes halogenated alkanes) is 1. The first-order valence-electron chi connectivity index (χ1n) is 13.9. The Hall–Kier alpha value is -3.95. The maximum Gasteiger partial charge on any atom is 0.490 e. The molecule has 0 spiro atoms. The number of carboxylic acid groups (broad SMARTS) is 1. The average molecular weight is 641 g/mol. The SMILES string of the molecule is CC(C)[C@@H](Nc1ccccc1C(=O)NCCCCN1CCN(c2nsc3ccccc23)CC1)C(N)=O.O.O=C(O)C(F)(F)F. The number of carbonyl (C=O) groups excluding carboxylic acids is 2. The molecule has 242 valence electrons. The van der Waals surface area contributed by atoms with Crippen LogP contribution in [0.1, 0.15) is 37.0 Å². The highest BCUT2D eigenvalue weighted by molar-refractivity contribution is 7.13. The Balaban J connectivity index is 0.000000756. The first-order chi connectivity index (χ1) is 20.4. The Morgan fingerprint density at radius 3 is 2.25 bits per heavy atom. The van der Waals surface area contributed by atoms with Crippen molar-refractivity contribution >= 4 is 50.9 Å². The van der Waals surface area contributed by atoms with Crippen molar-refractivity contribution in [2.45, 2.75) is 38.9 Å². The molecule has 44 heavy (non-hydrogen) atoms. The standard InChI is InChI=1S/C27H36N6O2S.C2HF3O2.H2O/c1-19(2)24(25(28)34)30-22-11-5-3-9-20(22)27(35)29-13-7-8-14-32-15-17-33(18-16-32)26-21-10-4-6-12-23(21)36-31-26;3-2(4,5)1(6)7;/h3-6,9-12,19,24,30H,7-8,13-18H2,1-2H3,(H2,28,34)(H,29,35);(H,6,7);1H2/t24-;;/m1../s1. The Bertz CT molecular complexity index is 1380. The average Bonchev–Trinajstić information content (AvgIpc) is 3.40. The normalized spacial score (nSPS) is 14.3. The summed E-state index contributed by atoms with van der Waals surface area (Å²) in [7, 11) is 0. The van der Waals surface area contributed by atoms with Gasteiger partial charge in [0.05, 0.1) is 10.3 Å². The second-order valence-electron chi connectivity index (χ2n) is 10.4. The zero-order valence-electron chi connectivity index (χ0n) is 24.6. The first kappa shape index (κ1) is 36.2. The number of aromatic nitrogens is 1. The molecular weight excluding hydrogens is 601 g/mol. The zero-order chi connectivity index (χ0) is 31.6. The molecule has 2 amide bonds. The van der Waals surface area contributed by atoms with Crippen LogP contribution in [0.4, 0.5) is 24.7 Å². The quantitative estimate of drug-likeness (QED) is 0.231. The van der Waals surface area contributed by atoms with E-state index in [1.165, 1.54) is 10.1 Å². The molecule has 0 unspecified atom stereocenters. The fourth-order valence-corrected chi connectivity index (χ4v) is 5.38. The zero-order valence-corrected chi connectivity index (χ0v) is 25.4. The monoisotopic (exact) mass is 640 g/mol. The predicted octanol–water partition coefficient (Wildman–Crippen LogP) is 3.36. The summed E-state index contributed by atoms with van der Waals surface area (Å²) in [4.78, 5) is 38.4. The van der Waals surface area contributed by atoms with E-state index in [4.69, 9.17) is 20.0 Å². The first-order valence-corrected chi connectivity index (χ1v) is 14.7. The topological polar surface area (TPSA) is 172 Å². The highest BCUT2D eigenvalue weighted by atomic mass is 32.1. The summed E-state index contributed by atoms with van der Waals surface area (Å²) < 4.78 is 37.7. The molecule has 0 bridgehead atoms. The van der Waals surface area contributed by atoms with Crippen molar-refractivity contribution in [3.8, 4) is 0 Å². The van der Waals surface area contributed by atoms with E-state index >= 15 is 0 Å². The summed E-state index contributed by atoms with van der Waals surface area (Å²) in [5.74, 6) is -2.20. The van der Waals surface area contributed by atoms with Crippen LogP contribution in [0, 0.1) is 5.92 Å². The van der Waals surface area contributed by atoms with Gasteiger partial charge >= 0.3 is 12.1 Å². The number of carbonyl (C=O) groups is 3. The number of rotatable bonds is 11. The molecule has 1 aromatic heterocycles. The van der Waals surface area contributed by atoms with Gasteiger partial charge in [-0.3, -0.25) is 14.5 Å². The van der Waals surface area contributed by atoms with Crippen molar-refractivity contribution in [1.29, 1.82) is 0 Å². The van der Waals surface area contributed by atoms with E-state index in [1.54, 1.807) is 23.7 Å². The summed E-state index contributed by atoms with van der Waals surface area (Å²) in [5, 5.41) is 14.5. The number of nitrogens with two attached hydrogens (primary N) is 1. The van der Waals surface area contributed by atoms with E-state index < -0.39 is 24.1 Å². The van der Waals surface area contributed by atoms with Gasteiger partial charge in [0.1, 0.15) is 11.9 Å². The van der Waals surface area contributed by atoms with Crippen LogP contribution in [0.3, 0.4) is 0 Å². The number of piperazine rings is 1. The summed E-state index contributed by atoms with van der Waals surface area (Å²) in [5.41, 5.74) is 6.68. The van der Waals surface area contributed by atoms with E-state index in [1.807, 2.05) is 26.0 Å². The fraction of sp³-hybridized carbons (Fsp3) is 0.448. The third kappa shape index (κ3) is 10.3. The van der Waals surface area contributed by atoms with Gasteiger partial charge in [0.25, 0.3) is 5.91 Å². The summed E-state index contributed by atoms with van der Waals surface area (Å²) in [6.45, 7) is 9.49. The van der Waals surface area contributed by atoms with Gasteiger partial charge in [-0.15, -0.1) is 0 Å². The highest BCUT2D eigenvalue weighted by Crippen LogP contribution is 2.29. The van der Waals surface area contributed by atoms with E-state index in [0.717, 1.165) is 51.4 Å². The van der Waals surface area contributed by atoms with Crippen molar-refractivity contribution in [3.63, 3.8) is 0 Å². The number of aliphatic carboxylic acids is 1. The number of anilines is 2. The van der Waals surface area contributed by atoms with Gasteiger partial charge in [-0.05, 0) is 61.1 Å². The van der Waals surface area contributed by atoms with Gasteiger partial charge in [-0.1, -0.05) is 38.1 Å². The minimum atomic E-state index is -5.08. The van der Waals surface area contributed by atoms with Gasteiger partial charge in [0, 0.05) is 43.8 Å². The van der Waals surface area contributed by atoms with Gasteiger partial charge in [-0.25, -0.2) is 4.79 Å². The molecule has 1 fully saturated rings. The molecule has 0 saturated carbocycles. The molecule has 3 aromatic rings. The number of fused-ring (bicyclic) bond motifs is 1. The lowest BCUT2D eigenvalue weighted by Crippen LogP contribution is -2.46. The Labute approximate surface area is 257 Å². The van der Waals surface area contributed by atoms with E-state index in [2.05, 4.69) is 44.7 Å². The van der Waals surface area contributed by atoms with Crippen molar-refractivity contribution in [3.05, 3.63) is 54.1 Å². The molecule has 1 atom stereocenters. The second-order valence-corrected chi connectivity index (χ2v) is 11.2. The number of benzene rings is 2. The maximum atomic E-state index is 12.8. The molecule has 0 radical (unpaired) electrons. The van der Waals surface area contributed by atoms with Crippen LogP contribution in [0.2, 0.25) is 0 Å². The van der Waals surface area contributed by atoms with Gasteiger partial charge in [0.2, 0.25) is 5.91 Å².